The summed E-state index contributed by atoms with van der Waals surface area (Å²) >= 11 is 3.24. The summed E-state index contributed by atoms with van der Waals surface area (Å²) in [5.74, 6) is -0.250. The normalized spacial score (nSPS) is 11.0. The number of anilines is 1. The second-order valence-corrected chi connectivity index (χ2v) is 6.56. The van der Waals surface area contributed by atoms with Crippen LogP contribution in [0.1, 0.15) is 23.6 Å². The van der Waals surface area contributed by atoms with E-state index in [4.69, 9.17) is 4.74 Å². The molecule has 0 bridgehead atoms. The number of benzene rings is 2. The molecule has 0 aliphatic heterocycles. The van der Waals surface area contributed by atoms with Crippen LogP contribution in [-0.4, -0.2) is 17.6 Å². The molecule has 2 rings (SSSR count). The first-order chi connectivity index (χ1) is 12.3. The standard InChI is InChI=1S/C20H19BrN2O3/c1-4-26-18-10-14(9-17(21)19(18)24)8-15(11-22)20(25)23-16-6-5-12(2)13(3)7-16/h5-10,24H,4H2,1-3H3,(H,23,25)/b15-8+. The minimum Gasteiger partial charge on any atom is -0.503 e. The number of carbonyl (C=O) groups is 1. The maximum absolute atomic E-state index is 12.4. The highest BCUT2D eigenvalue weighted by Gasteiger charge is 2.13. The highest BCUT2D eigenvalue weighted by Crippen LogP contribution is 2.36. The average molecular weight is 415 g/mol. The molecule has 5 nitrogen and oxygen atoms in total. The lowest BCUT2D eigenvalue weighted by Crippen LogP contribution is -2.13. The van der Waals surface area contributed by atoms with Gasteiger partial charge in [0.2, 0.25) is 0 Å². The third-order valence-electron chi connectivity index (χ3n) is 3.79. The summed E-state index contributed by atoms with van der Waals surface area (Å²) in [6.45, 7) is 6.12. The number of phenols is 1. The molecule has 134 valence electrons. The SMILES string of the molecule is CCOc1cc(/C=C(\C#N)C(=O)Nc2ccc(C)c(C)c2)cc(Br)c1O. The van der Waals surface area contributed by atoms with E-state index in [-0.39, 0.29) is 17.1 Å². The van der Waals surface area contributed by atoms with Gasteiger partial charge in [0.05, 0.1) is 11.1 Å². The van der Waals surface area contributed by atoms with Crippen LogP contribution in [0, 0.1) is 25.2 Å². The highest BCUT2D eigenvalue weighted by molar-refractivity contribution is 9.10. The molecule has 0 unspecified atom stereocenters. The fourth-order valence-corrected chi connectivity index (χ4v) is 2.74. The van der Waals surface area contributed by atoms with Gasteiger partial charge in [-0.15, -0.1) is 0 Å². The summed E-state index contributed by atoms with van der Waals surface area (Å²) in [5.41, 5.74) is 3.31. The number of halogens is 1. The van der Waals surface area contributed by atoms with E-state index in [0.717, 1.165) is 11.1 Å². The average Bonchev–Trinajstić information content (AvgIpc) is 2.60. The Morgan fingerprint density at radius 3 is 2.65 bits per heavy atom. The van der Waals surface area contributed by atoms with E-state index < -0.39 is 5.91 Å². The Kier molecular flexibility index (Phi) is 6.42. The molecule has 0 saturated heterocycles. The van der Waals surface area contributed by atoms with Crippen LogP contribution in [0.2, 0.25) is 0 Å². The van der Waals surface area contributed by atoms with Gasteiger partial charge < -0.3 is 15.2 Å². The van der Waals surface area contributed by atoms with Crippen LogP contribution >= 0.6 is 15.9 Å². The van der Waals surface area contributed by atoms with Crippen LogP contribution in [0.25, 0.3) is 6.08 Å². The molecule has 2 aromatic rings. The first-order valence-corrected chi connectivity index (χ1v) is 8.80. The predicted molar refractivity (Wildman–Crippen MR) is 105 cm³/mol. The molecule has 26 heavy (non-hydrogen) atoms. The molecular formula is C20H19BrN2O3. The minimum atomic E-state index is -0.502. The first kappa shape index (κ1) is 19.5. The number of ether oxygens (including phenoxy) is 1. The summed E-state index contributed by atoms with van der Waals surface area (Å²) in [4.78, 5) is 12.4. The number of hydrogen-bond donors (Lipinski definition) is 2. The van der Waals surface area contributed by atoms with Crippen molar-refractivity contribution >= 4 is 33.6 Å². The number of nitriles is 1. The first-order valence-electron chi connectivity index (χ1n) is 8.01. The highest BCUT2D eigenvalue weighted by atomic mass is 79.9. The van der Waals surface area contributed by atoms with Gasteiger partial charge >= 0.3 is 0 Å². The second-order valence-electron chi connectivity index (χ2n) is 5.71. The van der Waals surface area contributed by atoms with Gasteiger partial charge in [0.25, 0.3) is 5.91 Å². The fourth-order valence-electron chi connectivity index (χ4n) is 2.28. The van der Waals surface area contributed by atoms with E-state index in [1.165, 1.54) is 6.08 Å². The monoisotopic (exact) mass is 414 g/mol. The van der Waals surface area contributed by atoms with Gasteiger partial charge in [-0.3, -0.25) is 4.79 Å². The number of nitrogens with one attached hydrogen (secondary N) is 1. The third kappa shape index (κ3) is 4.64. The van der Waals surface area contributed by atoms with Crippen LogP contribution in [0.5, 0.6) is 11.5 Å². The van der Waals surface area contributed by atoms with Crippen LogP contribution in [0.3, 0.4) is 0 Å². The minimum absolute atomic E-state index is 0.0258. The molecule has 2 aromatic carbocycles. The summed E-state index contributed by atoms with van der Waals surface area (Å²) < 4.78 is 5.78. The molecule has 0 saturated carbocycles. The molecule has 6 heteroatoms. The van der Waals surface area contributed by atoms with E-state index in [2.05, 4.69) is 21.2 Å². The van der Waals surface area contributed by atoms with Crippen molar-refractivity contribution in [3.8, 4) is 17.6 Å². The number of rotatable bonds is 5. The van der Waals surface area contributed by atoms with Gasteiger partial charge in [0.1, 0.15) is 11.6 Å². The van der Waals surface area contributed by atoms with E-state index in [1.54, 1.807) is 25.1 Å². The topological polar surface area (TPSA) is 82.3 Å². The van der Waals surface area contributed by atoms with Gasteiger partial charge in [-0.25, -0.2) is 0 Å². The Morgan fingerprint density at radius 2 is 2.04 bits per heavy atom. The van der Waals surface area contributed by atoms with Gasteiger partial charge in [0, 0.05) is 5.69 Å². The van der Waals surface area contributed by atoms with Crippen LogP contribution in [0.4, 0.5) is 5.69 Å². The van der Waals surface area contributed by atoms with Crippen molar-refractivity contribution in [2.24, 2.45) is 0 Å². The lowest BCUT2D eigenvalue weighted by atomic mass is 10.1. The summed E-state index contributed by atoms with van der Waals surface area (Å²) in [7, 11) is 0. The molecule has 0 aliphatic carbocycles. The quantitative estimate of drug-likeness (QED) is 0.547. The third-order valence-corrected chi connectivity index (χ3v) is 4.40. The van der Waals surface area contributed by atoms with Gasteiger partial charge in [-0.1, -0.05) is 6.07 Å². The lowest BCUT2D eigenvalue weighted by molar-refractivity contribution is -0.112. The Labute approximate surface area is 161 Å². The van der Waals surface area contributed by atoms with Crippen molar-refractivity contribution in [3.05, 3.63) is 57.1 Å². The number of carbonyl (C=O) groups excluding carboxylic acids is 1. The Bertz CT molecular complexity index is 914. The van der Waals surface area contributed by atoms with Gasteiger partial charge in [-0.2, -0.15) is 5.26 Å². The van der Waals surface area contributed by atoms with Crippen LogP contribution < -0.4 is 10.1 Å². The van der Waals surface area contributed by atoms with Crippen molar-refractivity contribution in [1.82, 2.24) is 0 Å². The Morgan fingerprint density at radius 1 is 1.31 bits per heavy atom. The number of phenolic OH excluding ortho intramolecular Hbond substituents is 1. The van der Waals surface area contributed by atoms with Crippen molar-refractivity contribution < 1.29 is 14.6 Å². The van der Waals surface area contributed by atoms with E-state index in [1.807, 2.05) is 32.0 Å². The zero-order valence-corrected chi connectivity index (χ0v) is 16.3. The van der Waals surface area contributed by atoms with Crippen LogP contribution in [-0.2, 0) is 4.79 Å². The van der Waals surface area contributed by atoms with Crippen molar-refractivity contribution in [2.75, 3.05) is 11.9 Å². The number of nitrogens with zero attached hydrogens (tertiary/aromatic N) is 1. The predicted octanol–water partition coefficient (Wildman–Crippen LogP) is 4.72. The Balaban J connectivity index is 2.30. The number of aromatic hydroxyl groups is 1. The zero-order valence-electron chi connectivity index (χ0n) is 14.8. The van der Waals surface area contributed by atoms with Crippen molar-refractivity contribution in [2.45, 2.75) is 20.8 Å². The van der Waals surface area contributed by atoms with Gasteiger partial charge in [0.15, 0.2) is 11.5 Å². The molecule has 0 radical (unpaired) electrons. The van der Waals surface area contributed by atoms with E-state index >= 15 is 0 Å². The lowest BCUT2D eigenvalue weighted by Gasteiger charge is -2.09. The smallest absolute Gasteiger partial charge is 0.266 e. The summed E-state index contributed by atoms with van der Waals surface area (Å²) in [6, 6.07) is 10.6. The summed E-state index contributed by atoms with van der Waals surface area (Å²) in [5, 5.41) is 22.0. The van der Waals surface area contributed by atoms with Crippen molar-refractivity contribution in [3.63, 3.8) is 0 Å². The molecule has 0 atom stereocenters. The number of amides is 1. The molecule has 0 fully saturated rings. The molecule has 2 N–H and O–H groups in total. The molecule has 0 aliphatic rings. The fraction of sp³-hybridized carbons (Fsp3) is 0.200. The second kappa shape index (κ2) is 8.54. The molecule has 1 amide bonds. The van der Waals surface area contributed by atoms with Gasteiger partial charge in [-0.05, 0) is 83.7 Å². The molecular weight excluding hydrogens is 396 g/mol. The maximum Gasteiger partial charge on any atom is 0.266 e. The molecule has 0 heterocycles. The zero-order chi connectivity index (χ0) is 19.3. The number of hydrogen-bond acceptors (Lipinski definition) is 4. The van der Waals surface area contributed by atoms with E-state index in [0.29, 0.717) is 22.3 Å². The number of aryl methyl sites for hydroxylation is 2. The maximum atomic E-state index is 12.4. The van der Waals surface area contributed by atoms with Crippen molar-refractivity contribution in [1.29, 1.82) is 5.26 Å². The van der Waals surface area contributed by atoms with E-state index in [9.17, 15) is 15.2 Å². The molecule has 0 aromatic heterocycles. The largest absolute Gasteiger partial charge is 0.503 e. The van der Waals surface area contributed by atoms with Crippen LogP contribution in [0.15, 0.2) is 40.4 Å². The Hall–Kier alpha value is -2.78. The molecule has 0 spiro atoms. The summed E-state index contributed by atoms with van der Waals surface area (Å²) in [6.07, 6.45) is 1.45.